The average Bonchev–Trinajstić information content (AvgIpc) is 2.60. The van der Waals surface area contributed by atoms with Crippen LogP contribution in [0.3, 0.4) is 0 Å². The number of rotatable bonds is 4. The van der Waals surface area contributed by atoms with Gasteiger partial charge in [-0.3, -0.25) is 9.59 Å². The number of hydrogen-bond acceptors (Lipinski definition) is 4. The summed E-state index contributed by atoms with van der Waals surface area (Å²) in [5.41, 5.74) is 0.778. The van der Waals surface area contributed by atoms with Gasteiger partial charge in [-0.25, -0.2) is 4.98 Å². The van der Waals surface area contributed by atoms with Gasteiger partial charge in [-0.1, -0.05) is 29.8 Å². The van der Waals surface area contributed by atoms with Gasteiger partial charge in [-0.2, -0.15) is 0 Å². The summed E-state index contributed by atoms with van der Waals surface area (Å²) in [6, 6.07) is 12.9. The average molecular weight is 356 g/mol. The predicted molar refractivity (Wildman–Crippen MR) is 95.1 cm³/mol. The molecule has 0 bridgehead atoms. The highest BCUT2D eigenvalue weighted by Crippen LogP contribution is 2.19. The van der Waals surface area contributed by atoms with E-state index in [1.165, 1.54) is 35.2 Å². The van der Waals surface area contributed by atoms with E-state index < -0.39 is 5.91 Å². The Labute approximate surface area is 148 Å². The third-order valence-corrected chi connectivity index (χ3v) is 3.93. The first kappa shape index (κ1) is 16.7. The van der Waals surface area contributed by atoms with Crippen molar-refractivity contribution in [2.24, 2.45) is 0 Å². The Kier molecular flexibility index (Phi) is 4.81. The molecule has 3 aromatic rings. The predicted octanol–water partition coefficient (Wildman–Crippen LogP) is 2.90. The Morgan fingerprint density at radius 3 is 2.72 bits per heavy atom. The molecule has 0 aliphatic heterocycles. The van der Waals surface area contributed by atoms with Crippen molar-refractivity contribution in [2.75, 3.05) is 5.32 Å². The number of aromatic hydroxyl groups is 1. The summed E-state index contributed by atoms with van der Waals surface area (Å²) in [6.07, 6.45) is 2.90. The minimum Gasteiger partial charge on any atom is -0.504 e. The summed E-state index contributed by atoms with van der Waals surface area (Å²) in [5.74, 6) is -0.571. The van der Waals surface area contributed by atoms with E-state index in [9.17, 15) is 14.7 Å². The fourth-order valence-electron chi connectivity index (χ4n) is 2.27. The third kappa shape index (κ3) is 3.87. The molecule has 0 spiro atoms. The number of pyridine rings is 2. The number of benzene rings is 1. The standard InChI is InChI=1S/C18H14ClN3O3/c19-14-5-2-1-4-12(14)10-22-11-13(7-8-16(22)24)18(25)21-17-15(23)6-3-9-20-17/h1-9,11,23H,10H2,(H,20,21,25). The lowest BCUT2D eigenvalue weighted by molar-refractivity contribution is 0.102. The number of nitrogens with zero attached hydrogens (tertiary/aromatic N) is 2. The van der Waals surface area contributed by atoms with Gasteiger partial charge in [0.1, 0.15) is 0 Å². The van der Waals surface area contributed by atoms with Crippen molar-refractivity contribution in [3.05, 3.63) is 87.4 Å². The number of nitrogens with one attached hydrogen (secondary N) is 1. The van der Waals surface area contributed by atoms with Crippen LogP contribution < -0.4 is 10.9 Å². The molecule has 0 radical (unpaired) electrons. The van der Waals surface area contributed by atoms with Gasteiger partial charge in [0, 0.05) is 23.5 Å². The van der Waals surface area contributed by atoms with Crippen molar-refractivity contribution in [3.63, 3.8) is 0 Å². The highest BCUT2D eigenvalue weighted by atomic mass is 35.5. The maximum absolute atomic E-state index is 12.3. The van der Waals surface area contributed by atoms with E-state index in [2.05, 4.69) is 10.3 Å². The van der Waals surface area contributed by atoms with Gasteiger partial charge in [0.25, 0.3) is 11.5 Å². The second-order valence-electron chi connectivity index (χ2n) is 5.30. The Balaban J connectivity index is 1.86. The zero-order valence-corrected chi connectivity index (χ0v) is 13.8. The molecule has 0 aliphatic carbocycles. The normalized spacial score (nSPS) is 10.4. The Morgan fingerprint density at radius 2 is 1.96 bits per heavy atom. The summed E-state index contributed by atoms with van der Waals surface area (Å²) in [5, 5.41) is 12.7. The molecule has 2 heterocycles. The van der Waals surface area contributed by atoms with E-state index >= 15 is 0 Å². The first-order valence-electron chi connectivity index (χ1n) is 7.44. The summed E-state index contributed by atoms with van der Waals surface area (Å²) >= 11 is 6.12. The molecule has 0 atom stereocenters. The van der Waals surface area contributed by atoms with Gasteiger partial charge in [0.2, 0.25) is 0 Å². The molecule has 2 aromatic heterocycles. The molecule has 0 saturated heterocycles. The highest BCUT2D eigenvalue weighted by Gasteiger charge is 2.11. The molecule has 0 saturated carbocycles. The summed E-state index contributed by atoms with van der Waals surface area (Å²) in [7, 11) is 0. The molecule has 3 rings (SSSR count). The molecule has 126 valence electrons. The number of aromatic nitrogens is 2. The SMILES string of the molecule is O=C(Nc1ncccc1O)c1ccc(=O)n(Cc2ccccc2Cl)c1. The molecule has 1 amide bonds. The van der Waals surface area contributed by atoms with Gasteiger partial charge in [0.15, 0.2) is 11.6 Å². The van der Waals surface area contributed by atoms with Crippen LogP contribution in [0.15, 0.2) is 65.7 Å². The van der Waals surface area contributed by atoms with Crippen LogP contribution in [0, 0.1) is 0 Å². The van der Waals surface area contributed by atoms with Gasteiger partial charge < -0.3 is 15.0 Å². The number of amides is 1. The molecule has 0 aliphatic rings. The van der Waals surface area contributed by atoms with E-state index in [1.807, 2.05) is 12.1 Å². The molecule has 6 nitrogen and oxygen atoms in total. The van der Waals surface area contributed by atoms with Crippen molar-refractivity contribution < 1.29 is 9.90 Å². The van der Waals surface area contributed by atoms with E-state index in [1.54, 1.807) is 18.2 Å². The largest absolute Gasteiger partial charge is 0.504 e. The topological polar surface area (TPSA) is 84.2 Å². The maximum atomic E-state index is 12.3. The van der Waals surface area contributed by atoms with Crippen LogP contribution in [0.1, 0.15) is 15.9 Å². The molecule has 0 fully saturated rings. The first-order chi connectivity index (χ1) is 12.0. The van der Waals surface area contributed by atoms with Crippen molar-refractivity contribution >= 4 is 23.3 Å². The Hall–Kier alpha value is -3.12. The number of anilines is 1. The fourth-order valence-corrected chi connectivity index (χ4v) is 2.47. The van der Waals surface area contributed by atoms with Crippen LogP contribution in [-0.2, 0) is 6.54 Å². The molecule has 0 unspecified atom stereocenters. The van der Waals surface area contributed by atoms with Crippen LogP contribution >= 0.6 is 11.6 Å². The second-order valence-corrected chi connectivity index (χ2v) is 5.71. The minimum atomic E-state index is -0.484. The van der Waals surface area contributed by atoms with Crippen molar-refractivity contribution in [1.82, 2.24) is 9.55 Å². The van der Waals surface area contributed by atoms with Crippen LogP contribution in [0.4, 0.5) is 5.82 Å². The quantitative estimate of drug-likeness (QED) is 0.753. The monoisotopic (exact) mass is 355 g/mol. The number of carbonyl (C=O) groups excluding carboxylic acids is 1. The summed E-state index contributed by atoms with van der Waals surface area (Å²) in [6.45, 7) is 0.245. The van der Waals surface area contributed by atoms with Crippen LogP contribution in [0.2, 0.25) is 5.02 Å². The van der Waals surface area contributed by atoms with Crippen LogP contribution in [0.5, 0.6) is 5.75 Å². The summed E-state index contributed by atoms with van der Waals surface area (Å²) in [4.78, 5) is 28.3. The van der Waals surface area contributed by atoms with E-state index in [0.29, 0.717) is 5.02 Å². The lowest BCUT2D eigenvalue weighted by atomic mass is 10.2. The van der Waals surface area contributed by atoms with Crippen molar-refractivity contribution in [3.8, 4) is 5.75 Å². The molecule has 2 N–H and O–H groups in total. The van der Waals surface area contributed by atoms with Gasteiger partial charge >= 0.3 is 0 Å². The maximum Gasteiger partial charge on any atom is 0.258 e. The lowest BCUT2D eigenvalue weighted by Crippen LogP contribution is -2.22. The fraction of sp³-hybridized carbons (Fsp3) is 0.0556. The molecular formula is C18H14ClN3O3. The van der Waals surface area contributed by atoms with E-state index in [4.69, 9.17) is 11.6 Å². The second kappa shape index (κ2) is 7.19. The summed E-state index contributed by atoms with van der Waals surface area (Å²) < 4.78 is 1.40. The van der Waals surface area contributed by atoms with Crippen molar-refractivity contribution in [2.45, 2.75) is 6.54 Å². The zero-order chi connectivity index (χ0) is 17.8. The van der Waals surface area contributed by atoms with Crippen molar-refractivity contribution in [1.29, 1.82) is 0 Å². The zero-order valence-electron chi connectivity index (χ0n) is 13.0. The highest BCUT2D eigenvalue weighted by molar-refractivity contribution is 6.31. The van der Waals surface area contributed by atoms with Gasteiger partial charge in [0.05, 0.1) is 12.1 Å². The molecular weight excluding hydrogens is 342 g/mol. The lowest BCUT2D eigenvalue weighted by Gasteiger charge is -2.10. The van der Waals surface area contributed by atoms with E-state index in [-0.39, 0.29) is 29.2 Å². The number of halogens is 1. The van der Waals surface area contributed by atoms with Crippen LogP contribution in [0.25, 0.3) is 0 Å². The Bertz CT molecular complexity index is 985. The van der Waals surface area contributed by atoms with Crippen LogP contribution in [-0.4, -0.2) is 20.6 Å². The smallest absolute Gasteiger partial charge is 0.258 e. The number of carbonyl (C=O) groups is 1. The minimum absolute atomic E-state index is 0.0522. The molecule has 1 aromatic carbocycles. The first-order valence-corrected chi connectivity index (χ1v) is 7.81. The van der Waals surface area contributed by atoms with E-state index in [0.717, 1.165) is 5.56 Å². The molecule has 7 heteroatoms. The van der Waals surface area contributed by atoms with Gasteiger partial charge in [-0.15, -0.1) is 0 Å². The Morgan fingerprint density at radius 1 is 1.16 bits per heavy atom. The van der Waals surface area contributed by atoms with Gasteiger partial charge in [-0.05, 0) is 29.8 Å². The number of hydrogen-bond donors (Lipinski definition) is 2. The third-order valence-electron chi connectivity index (χ3n) is 3.56. The molecule has 25 heavy (non-hydrogen) atoms.